The minimum atomic E-state index is -0.480. The highest BCUT2D eigenvalue weighted by Crippen LogP contribution is 2.28. The molecule has 0 spiro atoms. The van der Waals surface area contributed by atoms with E-state index in [0.717, 1.165) is 24.9 Å². The number of ether oxygens (including phenoxy) is 1. The van der Waals surface area contributed by atoms with Gasteiger partial charge in [-0.3, -0.25) is 4.79 Å². The van der Waals surface area contributed by atoms with Crippen LogP contribution in [0.4, 0.5) is 10.5 Å². The average molecular weight is 321 g/mol. The van der Waals surface area contributed by atoms with Gasteiger partial charge in [-0.05, 0) is 45.6 Å². The molecule has 2 N–H and O–H groups in total. The Labute approximate surface area is 137 Å². The van der Waals surface area contributed by atoms with Crippen molar-refractivity contribution in [2.24, 2.45) is 13.0 Å². The molecule has 2 atom stereocenters. The Morgan fingerprint density at radius 3 is 2.74 bits per heavy atom. The molecule has 1 fully saturated rings. The Hall–Kier alpha value is -1.98. The molecule has 0 radical (unpaired) electrons. The zero-order valence-corrected chi connectivity index (χ0v) is 14.4. The molecule has 1 aromatic rings. The van der Waals surface area contributed by atoms with E-state index in [9.17, 15) is 9.59 Å². The van der Waals surface area contributed by atoms with Crippen LogP contribution in [0.3, 0.4) is 0 Å². The first-order valence-electron chi connectivity index (χ1n) is 8.15. The molecular weight excluding hydrogens is 294 g/mol. The number of carbonyl (C=O) groups excluding carboxylic acids is 1. The van der Waals surface area contributed by atoms with E-state index in [1.807, 2.05) is 20.8 Å². The molecule has 0 saturated heterocycles. The van der Waals surface area contributed by atoms with E-state index in [-0.39, 0.29) is 11.7 Å². The van der Waals surface area contributed by atoms with Gasteiger partial charge in [-0.1, -0.05) is 6.42 Å². The predicted molar refractivity (Wildman–Crippen MR) is 90.7 cm³/mol. The van der Waals surface area contributed by atoms with Crippen molar-refractivity contribution in [2.45, 2.75) is 51.7 Å². The summed E-state index contributed by atoms with van der Waals surface area (Å²) in [5, 5.41) is 6.34. The highest BCUT2D eigenvalue weighted by Gasteiger charge is 2.28. The number of pyridine rings is 1. The smallest absolute Gasteiger partial charge is 0.407 e. The number of aromatic nitrogens is 1. The molecule has 1 saturated carbocycles. The summed E-state index contributed by atoms with van der Waals surface area (Å²) in [6.45, 7) is 6.16. The first-order valence-corrected chi connectivity index (χ1v) is 8.15. The molecule has 1 amide bonds. The van der Waals surface area contributed by atoms with Gasteiger partial charge in [0.2, 0.25) is 5.56 Å². The maximum atomic E-state index is 11.8. The van der Waals surface area contributed by atoms with E-state index in [1.54, 1.807) is 29.9 Å². The largest absolute Gasteiger partial charge is 0.444 e. The van der Waals surface area contributed by atoms with Crippen LogP contribution >= 0.6 is 0 Å². The lowest BCUT2D eigenvalue weighted by Gasteiger charge is -2.24. The van der Waals surface area contributed by atoms with Crippen molar-refractivity contribution < 1.29 is 9.53 Å². The zero-order valence-electron chi connectivity index (χ0n) is 14.4. The van der Waals surface area contributed by atoms with Gasteiger partial charge < -0.3 is 19.9 Å². The second-order valence-electron chi connectivity index (χ2n) is 7.19. The highest BCUT2D eigenvalue weighted by atomic mass is 16.6. The van der Waals surface area contributed by atoms with Crippen LogP contribution in [0.5, 0.6) is 0 Å². The molecule has 0 bridgehead atoms. The maximum absolute atomic E-state index is 11.8. The molecule has 6 heteroatoms. The second kappa shape index (κ2) is 7.06. The van der Waals surface area contributed by atoms with Gasteiger partial charge in [0, 0.05) is 31.9 Å². The summed E-state index contributed by atoms with van der Waals surface area (Å²) in [6.07, 6.45) is 4.69. The Morgan fingerprint density at radius 1 is 1.35 bits per heavy atom. The van der Waals surface area contributed by atoms with Crippen LogP contribution in [-0.2, 0) is 11.8 Å². The monoisotopic (exact) mass is 321 g/mol. The fraction of sp³-hybridized carbons (Fsp3) is 0.647. The maximum Gasteiger partial charge on any atom is 0.407 e. The first kappa shape index (κ1) is 17.4. The molecule has 1 aromatic heterocycles. The second-order valence-corrected chi connectivity index (χ2v) is 7.19. The van der Waals surface area contributed by atoms with Crippen molar-refractivity contribution in [3.8, 4) is 0 Å². The van der Waals surface area contributed by atoms with Crippen LogP contribution in [-0.4, -0.2) is 28.8 Å². The third-order valence-electron chi connectivity index (χ3n) is 4.00. The van der Waals surface area contributed by atoms with E-state index in [1.165, 1.54) is 0 Å². The van der Waals surface area contributed by atoms with Gasteiger partial charge >= 0.3 is 6.09 Å². The molecule has 2 rings (SSSR count). The zero-order chi connectivity index (χ0) is 17.0. The van der Waals surface area contributed by atoms with Crippen molar-refractivity contribution in [2.75, 3.05) is 11.9 Å². The lowest BCUT2D eigenvalue weighted by molar-refractivity contribution is 0.0519. The number of alkyl carbamates (subject to hydrolysis) is 1. The number of carbonyl (C=O) groups is 1. The Balaban J connectivity index is 1.88. The fourth-order valence-corrected chi connectivity index (χ4v) is 2.89. The minimum Gasteiger partial charge on any atom is -0.444 e. The van der Waals surface area contributed by atoms with Gasteiger partial charge in [0.1, 0.15) is 5.60 Å². The summed E-state index contributed by atoms with van der Waals surface area (Å²) in [5.41, 5.74) is 0.429. The summed E-state index contributed by atoms with van der Waals surface area (Å²) in [5.74, 6) is 0.361. The van der Waals surface area contributed by atoms with E-state index >= 15 is 0 Å². The lowest BCUT2D eigenvalue weighted by Crippen LogP contribution is -2.38. The number of aryl methyl sites for hydroxylation is 1. The van der Waals surface area contributed by atoms with Gasteiger partial charge in [0.25, 0.3) is 0 Å². The van der Waals surface area contributed by atoms with Crippen LogP contribution in [0, 0.1) is 5.92 Å². The van der Waals surface area contributed by atoms with Crippen molar-refractivity contribution >= 4 is 11.8 Å². The lowest BCUT2D eigenvalue weighted by atomic mass is 10.0. The number of nitrogens with one attached hydrogen (secondary N) is 2. The van der Waals surface area contributed by atoms with E-state index < -0.39 is 5.60 Å². The van der Waals surface area contributed by atoms with Crippen LogP contribution in [0.1, 0.15) is 40.0 Å². The third kappa shape index (κ3) is 5.30. The number of nitrogens with zero attached hydrogens (tertiary/aromatic N) is 1. The van der Waals surface area contributed by atoms with Gasteiger partial charge in [0.15, 0.2) is 0 Å². The molecule has 0 aliphatic heterocycles. The van der Waals surface area contributed by atoms with Crippen molar-refractivity contribution in [3.05, 3.63) is 28.7 Å². The number of hydrogen-bond acceptors (Lipinski definition) is 4. The highest BCUT2D eigenvalue weighted by molar-refractivity contribution is 5.67. The van der Waals surface area contributed by atoms with E-state index in [0.29, 0.717) is 18.5 Å². The Bertz CT molecular complexity index is 604. The van der Waals surface area contributed by atoms with E-state index in [2.05, 4.69) is 10.6 Å². The summed E-state index contributed by atoms with van der Waals surface area (Å²) in [7, 11) is 1.74. The summed E-state index contributed by atoms with van der Waals surface area (Å²) in [4.78, 5) is 23.2. The SMILES string of the molecule is Cn1cc(NC2CCCC2CNC(=O)OC(C)(C)C)ccc1=O. The van der Waals surface area contributed by atoms with Crippen LogP contribution < -0.4 is 16.2 Å². The molecule has 128 valence electrons. The van der Waals surface area contributed by atoms with Crippen LogP contribution in [0.15, 0.2) is 23.1 Å². The molecule has 23 heavy (non-hydrogen) atoms. The summed E-state index contributed by atoms with van der Waals surface area (Å²) >= 11 is 0. The standard InChI is InChI=1S/C17H27N3O3/c1-17(2,3)23-16(22)18-10-12-6-5-7-14(12)19-13-8-9-15(21)20(4)11-13/h8-9,11-12,14,19H,5-7,10H2,1-4H3,(H,18,22). The molecule has 6 nitrogen and oxygen atoms in total. The number of hydrogen-bond donors (Lipinski definition) is 2. The van der Waals surface area contributed by atoms with Crippen LogP contribution in [0.25, 0.3) is 0 Å². The molecule has 1 aliphatic rings. The van der Waals surface area contributed by atoms with Gasteiger partial charge in [-0.15, -0.1) is 0 Å². The van der Waals surface area contributed by atoms with Gasteiger partial charge in [-0.25, -0.2) is 4.79 Å². The van der Waals surface area contributed by atoms with Crippen molar-refractivity contribution in [3.63, 3.8) is 0 Å². The van der Waals surface area contributed by atoms with Gasteiger partial charge in [0.05, 0.1) is 5.69 Å². The average Bonchev–Trinajstić information content (AvgIpc) is 2.86. The number of anilines is 1. The van der Waals surface area contributed by atoms with E-state index in [4.69, 9.17) is 4.74 Å². The Kier molecular flexibility index (Phi) is 5.34. The molecular formula is C17H27N3O3. The minimum absolute atomic E-state index is 0.0230. The topological polar surface area (TPSA) is 72.4 Å². The molecule has 0 aromatic carbocycles. The third-order valence-corrected chi connectivity index (χ3v) is 4.00. The molecule has 1 heterocycles. The quantitative estimate of drug-likeness (QED) is 0.894. The van der Waals surface area contributed by atoms with Crippen LogP contribution in [0.2, 0.25) is 0 Å². The summed E-state index contributed by atoms with van der Waals surface area (Å²) in [6, 6.07) is 3.66. The number of rotatable bonds is 4. The number of amides is 1. The van der Waals surface area contributed by atoms with Gasteiger partial charge in [-0.2, -0.15) is 0 Å². The summed E-state index contributed by atoms with van der Waals surface area (Å²) < 4.78 is 6.83. The van der Waals surface area contributed by atoms with Crippen molar-refractivity contribution in [1.29, 1.82) is 0 Å². The van der Waals surface area contributed by atoms with Crippen molar-refractivity contribution in [1.82, 2.24) is 9.88 Å². The molecule has 1 aliphatic carbocycles. The Morgan fingerprint density at radius 2 is 2.09 bits per heavy atom. The predicted octanol–water partition coefficient (Wildman–Crippen LogP) is 2.49. The normalized spacial score (nSPS) is 21.0. The molecule has 2 unspecified atom stereocenters. The fourth-order valence-electron chi connectivity index (χ4n) is 2.89. The first-order chi connectivity index (χ1) is 10.7.